The molecule has 0 radical (unpaired) electrons. The van der Waals surface area contributed by atoms with Crippen molar-refractivity contribution < 1.29 is 13.9 Å². The molecule has 0 saturated carbocycles. The molecule has 0 fully saturated rings. The summed E-state index contributed by atoms with van der Waals surface area (Å²) in [5.41, 5.74) is 1.62. The van der Waals surface area contributed by atoms with Gasteiger partial charge in [0.2, 0.25) is 0 Å². The summed E-state index contributed by atoms with van der Waals surface area (Å²) >= 11 is 0. The Kier molecular flexibility index (Phi) is 4.14. The number of carbonyl (C=O) groups excluding carboxylic acids is 1. The van der Waals surface area contributed by atoms with Crippen molar-refractivity contribution in [2.45, 2.75) is 13.5 Å². The van der Waals surface area contributed by atoms with E-state index in [1.807, 2.05) is 30.3 Å². The standard InChI is InChI=1S/C17H14FN3O2/c1-12-16(20-21(19-12)14-8-3-2-4-9-14)17(22)23-11-13-7-5-6-10-15(13)18/h2-10H,11H2,1H3. The van der Waals surface area contributed by atoms with Crippen LogP contribution in [0.1, 0.15) is 21.7 Å². The third-order valence-electron chi connectivity index (χ3n) is 3.28. The Morgan fingerprint density at radius 2 is 1.78 bits per heavy atom. The largest absolute Gasteiger partial charge is 0.456 e. The SMILES string of the molecule is Cc1nn(-c2ccccc2)nc1C(=O)OCc1ccccc1F. The van der Waals surface area contributed by atoms with Crippen LogP contribution in [0.5, 0.6) is 0 Å². The molecule has 0 spiro atoms. The van der Waals surface area contributed by atoms with Crippen molar-refractivity contribution in [1.29, 1.82) is 0 Å². The fraction of sp³-hybridized carbons (Fsp3) is 0.118. The van der Waals surface area contributed by atoms with Gasteiger partial charge in [0.15, 0.2) is 5.69 Å². The van der Waals surface area contributed by atoms with Crippen LogP contribution >= 0.6 is 0 Å². The molecule has 2 aromatic carbocycles. The highest BCUT2D eigenvalue weighted by molar-refractivity contribution is 5.88. The molecule has 3 rings (SSSR count). The maximum absolute atomic E-state index is 13.5. The number of nitrogens with zero attached hydrogens (tertiary/aromatic N) is 3. The molecule has 5 nitrogen and oxygen atoms in total. The molecule has 23 heavy (non-hydrogen) atoms. The second kappa shape index (κ2) is 6.39. The molecule has 6 heteroatoms. The van der Waals surface area contributed by atoms with Crippen LogP contribution in [0.25, 0.3) is 5.69 Å². The summed E-state index contributed by atoms with van der Waals surface area (Å²) in [5, 5.41) is 8.36. The second-order valence-corrected chi connectivity index (χ2v) is 4.93. The van der Waals surface area contributed by atoms with Gasteiger partial charge < -0.3 is 4.74 Å². The molecule has 1 heterocycles. The molecule has 0 saturated heterocycles. The highest BCUT2D eigenvalue weighted by atomic mass is 19.1. The Balaban J connectivity index is 1.75. The van der Waals surface area contributed by atoms with Crippen molar-refractivity contribution in [3.63, 3.8) is 0 Å². The van der Waals surface area contributed by atoms with Gasteiger partial charge in [0, 0.05) is 5.56 Å². The van der Waals surface area contributed by atoms with E-state index in [1.165, 1.54) is 10.9 Å². The average molecular weight is 311 g/mol. The number of para-hydroxylation sites is 1. The van der Waals surface area contributed by atoms with Crippen molar-refractivity contribution in [3.8, 4) is 5.69 Å². The lowest BCUT2D eigenvalue weighted by molar-refractivity contribution is 0.0460. The van der Waals surface area contributed by atoms with E-state index in [0.29, 0.717) is 11.3 Å². The third kappa shape index (κ3) is 3.26. The molecule has 116 valence electrons. The molecule has 0 bridgehead atoms. The highest BCUT2D eigenvalue weighted by Crippen LogP contribution is 2.12. The van der Waals surface area contributed by atoms with Gasteiger partial charge in [-0.15, -0.1) is 5.10 Å². The molecule has 3 aromatic rings. The highest BCUT2D eigenvalue weighted by Gasteiger charge is 2.18. The van der Waals surface area contributed by atoms with Crippen LogP contribution < -0.4 is 0 Å². The molecule has 0 aliphatic carbocycles. The summed E-state index contributed by atoms with van der Waals surface area (Å²) in [6.07, 6.45) is 0. The molecule has 0 amide bonds. The minimum atomic E-state index is -0.632. The van der Waals surface area contributed by atoms with Crippen LogP contribution in [0.3, 0.4) is 0 Å². The number of esters is 1. The average Bonchev–Trinajstić information content (AvgIpc) is 2.97. The zero-order chi connectivity index (χ0) is 16.2. The number of aryl methyl sites for hydroxylation is 1. The molecular weight excluding hydrogens is 297 g/mol. The lowest BCUT2D eigenvalue weighted by Gasteiger charge is -2.04. The van der Waals surface area contributed by atoms with Crippen molar-refractivity contribution in [1.82, 2.24) is 15.0 Å². The first kappa shape index (κ1) is 14.9. The molecule has 1 aromatic heterocycles. The number of benzene rings is 2. The lowest BCUT2D eigenvalue weighted by atomic mass is 10.2. The van der Waals surface area contributed by atoms with E-state index in [2.05, 4.69) is 10.2 Å². The molecule has 0 aliphatic rings. The third-order valence-corrected chi connectivity index (χ3v) is 3.28. The van der Waals surface area contributed by atoms with Gasteiger partial charge in [0.05, 0.1) is 11.4 Å². The monoisotopic (exact) mass is 311 g/mol. The van der Waals surface area contributed by atoms with Crippen molar-refractivity contribution in [2.24, 2.45) is 0 Å². The maximum Gasteiger partial charge on any atom is 0.361 e. The van der Waals surface area contributed by atoms with Crippen molar-refractivity contribution in [3.05, 3.63) is 77.4 Å². The van der Waals surface area contributed by atoms with Crippen molar-refractivity contribution in [2.75, 3.05) is 0 Å². The molecule has 0 unspecified atom stereocenters. The number of hydrogen-bond donors (Lipinski definition) is 0. The molecule has 0 atom stereocenters. The van der Waals surface area contributed by atoms with Crippen LogP contribution in [0.4, 0.5) is 4.39 Å². The van der Waals surface area contributed by atoms with E-state index in [1.54, 1.807) is 25.1 Å². The van der Waals surface area contributed by atoms with Crippen LogP contribution in [-0.4, -0.2) is 21.0 Å². The van der Waals surface area contributed by atoms with E-state index in [9.17, 15) is 9.18 Å². The maximum atomic E-state index is 13.5. The number of rotatable bonds is 4. The van der Waals surface area contributed by atoms with Gasteiger partial charge >= 0.3 is 5.97 Å². The summed E-state index contributed by atoms with van der Waals surface area (Å²) in [7, 11) is 0. The smallest absolute Gasteiger partial charge is 0.361 e. The normalized spacial score (nSPS) is 10.5. The van der Waals surface area contributed by atoms with Gasteiger partial charge in [0.1, 0.15) is 12.4 Å². The first-order valence-corrected chi connectivity index (χ1v) is 7.05. The minimum Gasteiger partial charge on any atom is -0.456 e. The van der Waals surface area contributed by atoms with Crippen LogP contribution in [-0.2, 0) is 11.3 Å². The van der Waals surface area contributed by atoms with Gasteiger partial charge in [-0.2, -0.15) is 9.90 Å². The second-order valence-electron chi connectivity index (χ2n) is 4.93. The van der Waals surface area contributed by atoms with Gasteiger partial charge in [0.25, 0.3) is 0 Å². The number of carbonyl (C=O) groups is 1. The quantitative estimate of drug-likeness (QED) is 0.695. The topological polar surface area (TPSA) is 57.0 Å². The molecular formula is C17H14FN3O2. The number of hydrogen-bond acceptors (Lipinski definition) is 4. The van der Waals surface area contributed by atoms with Crippen LogP contribution in [0.2, 0.25) is 0 Å². The van der Waals surface area contributed by atoms with Crippen LogP contribution in [0.15, 0.2) is 54.6 Å². The van der Waals surface area contributed by atoms with Crippen LogP contribution in [0, 0.1) is 12.7 Å². The summed E-state index contributed by atoms with van der Waals surface area (Å²) in [6, 6.07) is 15.4. The Morgan fingerprint density at radius 3 is 2.52 bits per heavy atom. The summed E-state index contributed by atoms with van der Waals surface area (Å²) < 4.78 is 18.7. The van der Waals surface area contributed by atoms with Gasteiger partial charge in [-0.25, -0.2) is 9.18 Å². The van der Waals surface area contributed by atoms with E-state index in [0.717, 1.165) is 5.69 Å². The van der Waals surface area contributed by atoms with Crippen molar-refractivity contribution >= 4 is 5.97 Å². The summed E-state index contributed by atoms with van der Waals surface area (Å²) in [4.78, 5) is 13.5. The number of aromatic nitrogens is 3. The van der Waals surface area contributed by atoms with Gasteiger partial charge in [-0.1, -0.05) is 36.4 Å². The minimum absolute atomic E-state index is 0.116. The molecule has 0 N–H and O–H groups in total. The molecule has 0 aliphatic heterocycles. The van der Waals surface area contributed by atoms with E-state index >= 15 is 0 Å². The zero-order valence-corrected chi connectivity index (χ0v) is 12.4. The Labute approximate surface area is 132 Å². The Bertz CT molecular complexity index is 831. The van der Waals surface area contributed by atoms with E-state index in [4.69, 9.17) is 4.74 Å². The van der Waals surface area contributed by atoms with E-state index in [-0.39, 0.29) is 12.3 Å². The summed E-state index contributed by atoms with van der Waals surface area (Å²) in [6.45, 7) is 1.52. The predicted molar refractivity (Wildman–Crippen MR) is 81.6 cm³/mol. The van der Waals surface area contributed by atoms with E-state index < -0.39 is 11.8 Å². The predicted octanol–water partition coefficient (Wildman–Crippen LogP) is 3.07. The fourth-order valence-electron chi connectivity index (χ4n) is 2.07. The Morgan fingerprint density at radius 1 is 1.09 bits per heavy atom. The number of ether oxygens (including phenoxy) is 1. The fourth-order valence-corrected chi connectivity index (χ4v) is 2.07. The Hall–Kier alpha value is -3.02. The van der Waals surface area contributed by atoms with Gasteiger partial charge in [-0.05, 0) is 25.1 Å². The lowest BCUT2D eigenvalue weighted by Crippen LogP contribution is -2.09. The first-order chi connectivity index (χ1) is 11.1. The number of halogens is 1. The van der Waals surface area contributed by atoms with Gasteiger partial charge in [-0.3, -0.25) is 0 Å². The summed E-state index contributed by atoms with van der Waals surface area (Å²) in [5.74, 6) is -1.04. The zero-order valence-electron chi connectivity index (χ0n) is 12.4. The first-order valence-electron chi connectivity index (χ1n) is 7.05.